The zero-order chi connectivity index (χ0) is 22.5. The number of rotatable bonds is 5. The summed E-state index contributed by atoms with van der Waals surface area (Å²) in [6.07, 6.45) is 1.60. The van der Waals surface area contributed by atoms with Gasteiger partial charge in [0.25, 0.3) is 5.91 Å². The number of ether oxygens (including phenoxy) is 1. The van der Waals surface area contributed by atoms with Gasteiger partial charge in [-0.3, -0.25) is 14.9 Å². The Morgan fingerprint density at radius 1 is 1.13 bits per heavy atom. The van der Waals surface area contributed by atoms with Gasteiger partial charge in [0.05, 0.1) is 4.90 Å². The summed E-state index contributed by atoms with van der Waals surface area (Å²) in [5.41, 5.74) is 0.388. The standard InChI is InChI=1S/C20H29N3O6S/c1-14-8-10-15(11-9-14)30(27,28)23-12-6-5-7-16(23)18(25)29-13-17(24)21-19(26)22-20(2,3)4/h8-11,16H,5-7,12-13H2,1-4H3,(H2,21,22,24,26). The molecule has 1 heterocycles. The second-order valence-corrected chi connectivity index (χ2v) is 10.2. The van der Waals surface area contributed by atoms with Crippen molar-refractivity contribution in [3.05, 3.63) is 29.8 Å². The van der Waals surface area contributed by atoms with Crippen LogP contribution in [-0.2, 0) is 24.3 Å². The zero-order valence-electron chi connectivity index (χ0n) is 17.7. The van der Waals surface area contributed by atoms with Crippen molar-refractivity contribution in [1.29, 1.82) is 0 Å². The second kappa shape index (κ2) is 9.57. The fourth-order valence-corrected chi connectivity index (χ4v) is 4.69. The Balaban J connectivity index is 2.02. The van der Waals surface area contributed by atoms with Gasteiger partial charge in [0.1, 0.15) is 6.04 Å². The number of carbonyl (C=O) groups excluding carboxylic acids is 3. The fraction of sp³-hybridized carbons (Fsp3) is 0.550. The highest BCUT2D eigenvalue weighted by molar-refractivity contribution is 7.89. The molecule has 9 nitrogen and oxygen atoms in total. The number of nitrogens with zero attached hydrogens (tertiary/aromatic N) is 1. The molecular weight excluding hydrogens is 410 g/mol. The van der Waals surface area contributed by atoms with Gasteiger partial charge < -0.3 is 10.1 Å². The van der Waals surface area contributed by atoms with Crippen LogP contribution in [0.4, 0.5) is 4.79 Å². The molecular formula is C20H29N3O6S. The zero-order valence-corrected chi connectivity index (χ0v) is 18.5. The van der Waals surface area contributed by atoms with Crippen LogP contribution in [0.2, 0.25) is 0 Å². The molecule has 0 saturated carbocycles. The van der Waals surface area contributed by atoms with Crippen molar-refractivity contribution in [3.63, 3.8) is 0 Å². The molecule has 1 aliphatic rings. The van der Waals surface area contributed by atoms with E-state index in [4.69, 9.17) is 4.74 Å². The lowest BCUT2D eigenvalue weighted by Crippen LogP contribution is -2.50. The molecule has 1 atom stereocenters. The quantitative estimate of drug-likeness (QED) is 0.674. The fourth-order valence-electron chi connectivity index (χ4n) is 3.04. The molecule has 0 aromatic heterocycles. The third-order valence-electron chi connectivity index (χ3n) is 4.44. The summed E-state index contributed by atoms with van der Waals surface area (Å²) in [6, 6.07) is 4.67. The van der Waals surface area contributed by atoms with Crippen LogP contribution in [0.15, 0.2) is 29.2 Å². The van der Waals surface area contributed by atoms with Gasteiger partial charge in [0.15, 0.2) is 6.61 Å². The Morgan fingerprint density at radius 2 is 1.77 bits per heavy atom. The number of amides is 3. The first kappa shape index (κ1) is 23.8. The summed E-state index contributed by atoms with van der Waals surface area (Å²) in [4.78, 5) is 36.2. The monoisotopic (exact) mass is 439 g/mol. The highest BCUT2D eigenvalue weighted by Gasteiger charge is 2.38. The van der Waals surface area contributed by atoms with Crippen LogP contribution in [0.5, 0.6) is 0 Å². The second-order valence-electron chi connectivity index (χ2n) is 8.30. The maximum Gasteiger partial charge on any atom is 0.324 e. The Kier molecular flexibility index (Phi) is 7.59. The van der Waals surface area contributed by atoms with Crippen molar-refractivity contribution in [2.75, 3.05) is 13.2 Å². The normalized spacial score (nSPS) is 17.8. The molecule has 30 heavy (non-hydrogen) atoms. The number of imide groups is 1. The number of nitrogens with one attached hydrogen (secondary N) is 2. The molecule has 1 fully saturated rings. The molecule has 2 N–H and O–H groups in total. The molecule has 0 bridgehead atoms. The van der Waals surface area contributed by atoms with Crippen molar-refractivity contribution < 1.29 is 27.5 Å². The van der Waals surface area contributed by atoms with Gasteiger partial charge in [-0.05, 0) is 59.1 Å². The first-order valence-corrected chi connectivity index (χ1v) is 11.2. The maximum absolute atomic E-state index is 13.0. The molecule has 166 valence electrons. The van der Waals surface area contributed by atoms with Crippen molar-refractivity contribution in [1.82, 2.24) is 14.9 Å². The Morgan fingerprint density at radius 3 is 2.37 bits per heavy atom. The van der Waals surface area contributed by atoms with E-state index in [9.17, 15) is 22.8 Å². The number of piperidine rings is 1. The average Bonchev–Trinajstić information content (AvgIpc) is 2.65. The van der Waals surface area contributed by atoms with Crippen molar-refractivity contribution in [2.45, 2.75) is 63.4 Å². The average molecular weight is 440 g/mol. The van der Waals surface area contributed by atoms with Crippen LogP contribution in [0, 0.1) is 6.92 Å². The molecule has 1 unspecified atom stereocenters. The molecule has 0 aliphatic carbocycles. The van der Waals surface area contributed by atoms with E-state index < -0.39 is 46.1 Å². The molecule has 2 rings (SSSR count). The lowest BCUT2D eigenvalue weighted by Gasteiger charge is -2.33. The van der Waals surface area contributed by atoms with Crippen LogP contribution < -0.4 is 10.6 Å². The third-order valence-corrected chi connectivity index (χ3v) is 6.36. The lowest BCUT2D eigenvalue weighted by molar-refractivity contribution is -0.152. The van der Waals surface area contributed by atoms with E-state index in [1.807, 2.05) is 6.92 Å². The number of hydrogen-bond acceptors (Lipinski definition) is 6. The summed E-state index contributed by atoms with van der Waals surface area (Å²) < 4.78 is 32.2. The smallest absolute Gasteiger partial charge is 0.324 e. The number of urea groups is 1. The Bertz CT molecular complexity index is 890. The van der Waals surface area contributed by atoms with Gasteiger partial charge in [-0.15, -0.1) is 0 Å². The van der Waals surface area contributed by atoms with Gasteiger partial charge in [-0.25, -0.2) is 13.2 Å². The van der Waals surface area contributed by atoms with Crippen LogP contribution in [0.25, 0.3) is 0 Å². The topological polar surface area (TPSA) is 122 Å². The Labute approximate surface area is 177 Å². The van der Waals surface area contributed by atoms with E-state index in [0.29, 0.717) is 19.3 Å². The Hall–Kier alpha value is -2.46. The van der Waals surface area contributed by atoms with Crippen LogP contribution >= 0.6 is 0 Å². The number of aryl methyl sites for hydroxylation is 1. The first-order chi connectivity index (χ1) is 13.9. The number of esters is 1. The molecule has 1 saturated heterocycles. The molecule has 1 aromatic rings. The van der Waals surface area contributed by atoms with Crippen molar-refractivity contribution in [2.24, 2.45) is 0 Å². The third kappa shape index (κ3) is 6.53. The summed E-state index contributed by atoms with van der Waals surface area (Å²) in [6.45, 7) is 6.63. The lowest BCUT2D eigenvalue weighted by atomic mass is 10.1. The number of benzene rings is 1. The van der Waals surface area contributed by atoms with Crippen LogP contribution in [-0.4, -0.2) is 55.4 Å². The molecule has 0 spiro atoms. The highest BCUT2D eigenvalue weighted by atomic mass is 32.2. The van der Waals surface area contributed by atoms with E-state index >= 15 is 0 Å². The van der Waals surface area contributed by atoms with Crippen LogP contribution in [0.3, 0.4) is 0 Å². The van der Waals surface area contributed by atoms with Crippen molar-refractivity contribution in [3.8, 4) is 0 Å². The largest absolute Gasteiger partial charge is 0.454 e. The molecule has 10 heteroatoms. The predicted octanol–water partition coefficient (Wildman–Crippen LogP) is 1.71. The molecule has 3 amide bonds. The van der Waals surface area contributed by atoms with Gasteiger partial charge in [-0.2, -0.15) is 4.31 Å². The van der Waals surface area contributed by atoms with Gasteiger partial charge in [0.2, 0.25) is 10.0 Å². The number of sulfonamides is 1. The first-order valence-electron chi connectivity index (χ1n) is 9.77. The van der Waals surface area contributed by atoms with Crippen molar-refractivity contribution >= 4 is 27.9 Å². The van der Waals surface area contributed by atoms with Gasteiger partial charge in [-0.1, -0.05) is 17.7 Å². The summed E-state index contributed by atoms with van der Waals surface area (Å²) in [5, 5.41) is 4.62. The van der Waals surface area contributed by atoms with Gasteiger partial charge >= 0.3 is 12.0 Å². The molecule has 1 aliphatic heterocycles. The predicted molar refractivity (Wildman–Crippen MR) is 110 cm³/mol. The SMILES string of the molecule is Cc1ccc(S(=O)(=O)N2CCCCC2C(=O)OCC(=O)NC(=O)NC(C)(C)C)cc1. The van der Waals surface area contributed by atoms with E-state index in [0.717, 1.165) is 9.87 Å². The summed E-state index contributed by atoms with van der Waals surface area (Å²) in [5.74, 6) is -1.61. The van der Waals surface area contributed by atoms with E-state index in [1.54, 1.807) is 32.9 Å². The molecule has 0 radical (unpaired) electrons. The van der Waals surface area contributed by atoms with E-state index in [2.05, 4.69) is 10.6 Å². The van der Waals surface area contributed by atoms with E-state index in [-0.39, 0.29) is 11.4 Å². The number of carbonyl (C=O) groups is 3. The molecule has 1 aromatic carbocycles. The minimum absolute atomic E-state index is 0.101. The van der Waals surface area contributed by atoms with E-state index in [1.165, 1.54) is 12.1 Å². The van der Waals surface area contributed by atoms with Crippen LogP contribution in [0.1, 0.15) is 45.6 Å². The number of hydrogen-bond donors (Lipinski definition) is 2. The van der Waals surface area contributed by atoms with Gasteiger partial charge in [0, 0.05) is 12.1 Å². The maximum atomic E-state index is 13.0. The minimum atomic E-state index is -3.88. The summed E-state index contributed by atoms with van der Waals surface area (Å²) in [7, 11) is -3.88. The minimum Gasteiger partial charge on any atom is -0.454 e. The summed E-state index contributed by atoms with van der Waals surface area (Å²) >= 11 is 0. The highest BCUT2D eigenvalue weighted by Crippen LogP contribution is 2.26.